The number of hydrogen-bond donors (Lipinski definition) is 0. The summed E-state index contributed by atoms with van der Waals surface area (Å²) in [6, 6.07) is 9.60. The first-order chi connectivity index (χ1) is 17.0. The van der Waals surface area contributed by atoms with Crippen LogP contribution in [-0.2, 0) is 18.9 Å². The molecule has 10 heteroatoms. The van der Waals surface area contributed by atoms with Crippen molar-refractivity contribution in [2.24, 2.45) is 0 Å². The van der Waals surface area contributed by atoms with Gasteiger partial charge in [0.05, 0.1) is 61.1 Å². The Morgan fingerprint density at radius 1 is 0.611 bits per heavy atom. The first kappa shape index (κ1) is 30.0. The maximum atomic E-state index is 11.9. The lowest BCUT2D eigenvalue weighted by atomic mass is 10.1. The molecule has 0 unspecified atom stereocenters. The third-order valence-corrected chi connectivity index (χ3v) is 4.79. The lowest BCUT2D eigenvalue weighted by molar-refractivity contribution is 0.0521. The van der Waals surface area contributed by atoms with Gasteiger partial charge in [0.2, 0.25) is 0 Å². The number of methoxy groups -OCH3 is 2. The van der Waals surface area contributed by atoms with E-state index in [1.165, 1.54) is 26.4 Å². The summed E-state index contributed by atoms with van der Waals surface area (Å²) in [4.78, 5) is 50.1. The van der Waals surface area contributed by atoms with Crippen LogP contribution in [0.15, 0.2) is 36.4 Å². The predicted molar refractivity (Wildman–Crippen MR) is 136 cm³/mol. The number of hydrogen-bond acceptors (Lipinski definition) is 10. The molecule has 0 aliphatic carbocycles. The van der Waals surface area contributed by atoms with Gasteiger partial charge < -0.3 is 28.7 Å². The van der Waals surface area contributed by atoms with E-state index in [1.54, 1.807) is 62.0 Å². The van der Waals surface area contributed by atoms with Crippen LogP contribution in [0.1, 0.15) is 55.3 Å². The summed E-state index contributed by atoms with van der Waals surface area (Å²) >= 11 is 0. The number of carbonyl (C=O) groups is 4. The summed E-state index contributed by atoms with van der Waals surface area (Å²) in [5.41, 5.74) is 2.74. The zero-order valence-electron chi connectivity index (χ0n) is 22.0. The average Bonchev–Trinajstić information content (AvgIpc) is 2.87. The maximum Gasteiger partial charge on any atom is 0.340 e. The fourth-order valence-electron chi connectivity index (χ4n) is 3.08. The molecule has 2 rings (SSSR count). The van der Waals surface area contributed by atoms with Crippen molar-refractivity contribution < 1.29 is 38.1 Å². The minimum absolute atomic E-state index is 0.287. The molecule has 10 nitrogen and oxygen atoms in total. The number of rotatable bonds is 8. The van der Waals surface area contributed by atoms with Crippen molar-refractivity contribution in [1.82, 2.24) is 0 Å². The SMILES string of the molecule is CCOC(=O)c1ccc(N(C)C)c(C(=O)OCC)c1.COC(=O)c1ccc(N(C)C)c(C(=O)OC)c1. The van der Waals surface area contributed by atoms with Gasteiger partial charge in [-0.15, -0.1) is 0 Å². The van der Waals surface area contributed by atoms with Gasteiger partial charge in [-0.25, -0.2) is 19.2 Å². The molecule has 0 spiro atoms. The van der Waals surface area contributed by atoms with E-state index >= 15 is 0 Å². The van der Waals surface area contributed by atoms with Crippen molar-refractivity contribution in [1.29, 1.82) is 0 Å². The Bertz CT molecular complexity index is 1080. The third-order valence-electron chi connectivity index (χ3n) is 4.79. The molecule has 0 bridgehead atoms. The summed E-state index contributed by atoms with van der Waals surface area (Å²) in [5, 5.41) is 0. The molecular formula is C26H34N2O8. The van der Waals surface area contributed by atoms with Crippen molar-refractivity contribution in [3.63, 3.8) is 0 Å². The molecule has 0 fully saturated rings. The van der Waals surface area contributed by atoms with Crippen LogP contribution >= 0.6 is 0 Å². The Hall–Kier alpha value is -4.08. The molecule has 0 saturated carbocycles. The van der Waals surface area contributed by atoms with Crippen LogP contribution in [0.3, 0.4) is 0 Å². The zero-order valence-corrected chi connectivity index (χ0v) is 22.0. The molecule has 0 heterocycles. The fourth-order valence-corrected chi connectivity index (χ4v) is 3.08. The summed E-state index contributed by atoms with van der Waals surface area (Å²) in [5.74, 6) is -1.87. The number of anilines is 2. The third kappa shape index (κ3) is 8.00. The van der Waals surface area contributed by atoms with Gasteiger partial charge in [0.25, 0.3) is 0 Å². The van der Waals surface area contributed by atoms with Gasteiger partial charge >= 0.3 is 23.9 Å². The van der Waals surface area contributed by atoms with E-state index in [2.05, 4.69) is 9.47 Å². The largest absolute Gasteiger partial charge is 0.465 e. The van der Waals surface area contributed by atoms with E-state index in [0.717, 1.165) is 0 Å². The molecule has 36 heavy (non-hydrogen) atoms. The van der Waals surface area contributed by atoms with Gasteiger partial charge in [-0.1, -0.05) is 0 Å². The molecule has 0 aliphatic rings. The molecule has 196 valence electrons. The van der Waals surface area contributed by atoms with E-state index in [1.807, 2.05) is 14.1 Å². The van der Waals surface area contributed by atoms with Crippen molar-refractivity contribution >= 4 is 35.3 Å². The van der Waals surface area contributed by atoms with Crippen LogP contribution in [-0.4, -0.2) is 79.5 Å². The van der Waals surface area contributed by atoms with Crippen LogP contribution in [0.2, 0.25) is 0 Å². The van der Waals surface area contributed by atoms with Gasteiger partial charge in [0, 0.05) is 28.2 Å². The van der Waals surface area contributed by atoms with Gasteiger partial charge in [-0.2, -0.15) is 0 Å². The molecule has 0 radical (unpaired) electrons. The lowest BCUT2D eigenvalue weighted by Crippen LogP contribution is -2.17. The van der Waals surface area contributed by atoms with E-state index in [4.69, 9.17) is 9.47 Å². The van der Waals surface area contributed by atoms with Crippen LogP contribution in [0.5, 0.6) is 0 Å². The highest BCUT2D eigenvalue weighted by atomic mass is 16.5. The fraction of sp³-hybridized carbons (Fsp3) is 0.385. The Morgan fingerprint density at radius 2 is 1.00 bits per heavy atom. The van der Waals surface area contributed by atoms with Gasteiger partial charge in [-0.05, 0) is 50.2 Å². The number of ether oxygens (including phenoxy) is 4. The Labute approximate surface area is 211 Å². The summed E-state index contributed by atoms with van der Waals surface area (Å²) in [7, 11) is 9.84. The predicted octanol–water partition coefficient (Wildman–Crippen LogP) is 3.43. The average molecular weight is 503 g/mol. The second-order valence-electron chi connectivity index (χ2n) is 7.68. The van der Waals surface area contributed by atoms with E-state index in [0.29, 0.717) is 40.2 Å². The van der Waals surface area contributed by atoms with E-state index in [-0.39, 0.29) is 6.61 Å². The Balaban J connectivity index is 0.000000362. The highest BCUT2D eigenvalue weighted by Crippen LogP contribution is 2.23. The first-order valence-corrected chi connectivity index (χ1v) is 11.2. The van der Waals surface area contributed by atoms with Gasteiger partial charge in [-0.3, -0.25) is 0 Å². The molecule has 0 atom stereocenters. The molecule has 0 saturated heterocycles. The first-order valence-electron chi connectivity index (χ1n) is 11.2. The quantitative estimate of drug-likeness (QED) is 0.393. The smallest absolute Gasteiger partial charge is 0.340 e. The van der Waals surface area contributed by atoms with Crippen molar-refractivity contribution in [3.05, 3.63) is 58.7 Å². The molecule has 0 N–H and O–H groups in total. The standard InChI is InChI=1S/C14H19NO4.C12H15NO4/c1-5-18-13(16)10-7-8-12(15(3)4)11(9-10)14(17)19-6-2;1-13(2)10-6-5-8(11(14)16-3)7-9(10)12(15)17-4/h7-9H,5-6H2,1-4H3;5-7H,1-4H3. The number of benzene rings is 2. The zero-order chi connectivity index (χ0) is 27.4. The van der Waals surface area contributed by atoms with Crippen LogP contribution in [0.4, 0.5) is 11.4 Å². The lowest BCUT2D eigenvalue weighted by Gasteiger charge is -2.17. The van der Waals surface area contributed by atoms with Crippen LogP contribution in [0.25, 0.3) is 0 Å². The topological polar surface area (TPSA) is 112 Å². The number of carbonyl (C=O) groups excluding carboxylic acids is 4. The summed E-state index contributed by atoms with van der Waals surface area (Å²) < 4.78 is 19.2. The van der Waals surface area contributed by atoms with Crippen molar-refractivity contribution in [3.8, 4) is 0 Å². The molecule has 0 amide bonds. The van der Waals surface area contributed by atoms with E-state index in [9.17, 15) is 19.2 Å². The Morgan fingerprint density at radius 3 is 1.39 bits per heavy atom. The normalized spacial score (nSPS) is 9.78. The summed E-state index contributed by atoms with van der Waals surface area (Å²) in [6.45, 7) is 4.05. The van der Waals surface area contributed by atoms with Crippen LogP contribution < -0.4 is 9.80 Å². The number of esters is 4. The molecule has 0 aromatic heterocycles. The van der Waals surface area contributed by atoms with Gasteiger partial charge in [0.15, 0.2) is 0 Å². The van der Waals surface area contributed by atoms with E-state index < -0.39 is 23.9 Å². The highest BCUT2D eigenvalue weighted by molar-refractivity contribution is 6.00. The second-order valence-corrected chi connectivity index (χ2v) is 7.68. The van der Waals surface area contributed by atoms with Gasteiger partial charge in [0.1, 0.15) is 0 Å². The number of nitrogens with zero attached hydrogens (tertiary/aromatic N) is 2. The van der Waals surface area contributed by atoms with Crippen LogP contribution in [0, 0.1) is 0 Å². The monoisotopic (exact) mass is 502 g/mol. The maximum absolute atomic E-state index is 11.9. The summed E-state index contributed by atoms with van der Waals surface area (Å²) in [6.07, 6.45) is 0. The minimum Gasteiger partial charge on any atom is -0.465 e. The molecular weight excluding hydrogens is 468 g/mol. The highest BCUT2D eigenvalue weighted by Gasteiger charge is 2.18. The van der Waals surface area contributed by atoms with Crippen molar-refractivity contribution in [2.75, 3.05) is 65.4 Å². The second kappa shape index (κ2) is 14.3. The molecule has 2 aromatic carbocycles. The minimum atomic E-state index is -0.487. The molecule has 2 aromatic rings. The van der Waals surface area contributed by atoms with Crippen molar-refractivity contribution in [2.45, 2.75) is 13.8 Å². The Kier molecular flexibility index (Phi) is 11.9. The molecule has 0 aliphatic heterocycles.